The molecule has 0 atom stereocenters. The van der Waals surface area contributed by atoms with Gasteiger partial charge in [-0.2, -0.15) is 0 Å². The van der Waals surface area contributed by atoms with Crippen LogP contribution in [-0.2, 0) is 6.54 Å². The Kier molecular flexibility index (Phi) is 6.45. The van der Waals surface area contributed by atoms with Crippen LogP contribution in [0.5, 0.6) is 0 Å². The van der Waals surface area contributed by atoms with Crippen LogP contribution >= 0.6 is 15.9 Å². The number of piperidine rings is 1. The molecule has 118 valence electrons. The fraction of sp³-hybridized carbons (Fsp3) is 0.688. The van der Waals surface area contributed by atoms with Crippen molar-refractivity contribution in [3.8, 4) is 0 Å². The van der Waals surface area contributed by atoms with Crippen LogP contribution in [0.4, 0.5) is 5.82 Å². The minimum Gasteiger partial charge on any atom is -0.356 e. The van der Waals surface area contributed by atoms with Crippen molar-refractivity contribution in [2.24, 2.45) is 0 Å². The Hall–Kier alpha value is -0.650. The van der Waals surface area contributed by atoms with E-state index >= 15 is 0 Å². The normalized spacial score (nSPS) is 17.1. The van der Waals surface area contributed by atoms with Crippen molar-refractivity contribution in [2.75, 3.05) is 38.6 Å². The average Bonchev–Trinajstić information content (AvgIpc) is 2.48. The van der Waals surface area contributed by atoms with E-state index in [2.05, 4.69) is 63.1 Å². The summed E-state index contributed by atoms with van der Waals surface area (Å²) < 4.78 is 1.05. The van der Waals surface area contributed by atoms with Gasteiger partial charge < -0.3 is 15.1 Å². The predicted octanol–water partition coefficient (Wildman–Crippen LogP) is 2.87. The topological polar surface area (TPSA) is 31.4 Å². The summed E-state index contributed by atoms with van der Waals surface area (Å²) in [6, 6.07) is 2.79. The molecule has 1 aromatic rings. The highest BCUT2D eigenvalue weighted by Gasteiger charge is 2.23. The van der Waals surface area contributed by atoms with E-state index in [0.29, 0.717) is 6.04 Å². The molecule has 1 fully saturated rings. The zero-order valence-corrected chi connectivity index (χ0v) is 15.0. The number of aromatic nitrogens is 1. The van der Waals surface area contributed by atoms with E-state index in [1.807, 2.05) is 6.20 Å². The van der Waals surface area contributed by atoms with Gasteiger partial charge in [-0.25, -0.2) is 4.98 Å². The van der Waals surface area contributed by atoms with E-state index in [9.17, 15) is 0 Å². The van der Waals surface area contributed by atoms with Crippen LogP contribution < -0.4 is 10.2 Å². The largest absolute Gasteiger partial charge is 0.356 e. The minimum absolute atomic E-state index is 0.597. The highest BCUT2D eigenvalue weighted by atomic mass is 79.9. The van der Waals surface area contributed by atoms with E-state index in [1.165, 1.54) is 31.5 Å². The van der Waals surface area contributed by atoms with Crippen LogP contribution in [-0.4, -0.2) is 49.7 Å². The lowest BCUT2D eigenvalue weighted by atomic mass is 10.0. The van der Waals surface area contributed by atoms with Crippen molar-refractivity contribution < 1.29 is 0 Å². The molecule has 0 unspecified atom stereocenters. The van der Waals surface area contributed by atoms with E-state index < -0.39 is 0 Å². The fourth-order valence-corrected chi connectivity index (χ4v) is 3.26. The van der Waals surface area contributed by atoms with Gasteiger partial charge in [0.15, 0.2) is 0 Å². The maximum atomic E-state index is 4.68. The Morgan fingerprint density at radius 1 is 1.43 bits per heavy atom. The number of nitrogens with zero attached hydrogens (tertiary/aromatic N) is 3. The summed E-state index contributed by atoms with van der Waals surface area (Å²) in [5.41, 5.74) is 1.28. The summed E-state index contributed by atoms with van der Waals surface area (Å²) in [6.45, 7) is 6.47. The Morgan fingerprint density at radius 3 is 2.81 bits per heavy atom. The highest BCUT2D eigenvalue weighted by molar-refractivity contribution is 9.10. The molecule has 0 aromatic carbocycles. The molecule has 1 aliphatic rings. The van der Waals surface area contributed by atoms with Crippen molar-refractivity contribution in [3.05, 3.63) is 22.3 Å². The van der Waals surface area contributed by atoms with Gasteiger partial charge in [0.1, 0.15) is 5.82 Å². The molecular formula is C16H27BrN4. The molecule has 1 saturated heterocycles. The number of hydrogen-bond donors (Lipinski definition) is 1. The Morgan fingerprint density at radius 2 is 2.14 bits per heavy atom. The highest BCUT2D eigenvalue weighted by Crippen LogP contribution is 2.25. The van der Waals surface area contributed by atoms with Crippen LogP contribution in [0, 0.1) is 0 Å². The van der Waals surface area contributed by atoms with E-state index in [0.717, 1.165) is 29.8 Å². The summed E-state index contributed by atoms with van der Waals surface area (Å²) in [5, 5.41) is 3.49. The first-order valence-electron chi connectivity index (χ1n) is 7.88. The van der Waals surface area contributed by atoms with E-state index in [4.69, 9.17) is 0 Å². The van der Waals surface area contributed by atoms with Crippen LogP contribution in [0.2, 0.25) is 0 Å². The van der Waals surface area contributed by atoms with Gasteiger partial charge in [0.25, 0.3) is 0 Å². The number of anilines is 1. The average molecular weight is 355 g/mol. The van der Waals surface area contributed by atoms with Crippen LogP contribution in [0.15, 0.2) is 16.7 Å². The minimum atomic E-state index is 0.597. The summed E-state index contributed by atoms with van der Waals surface area (Å²) in [7, 11) is 4.39. The number of pyridine rings is 1. The van der Waals surface area contributed by atoms with Gasteiger partial charge in [-0.15, -0.1) is 0 Å². The summed E-state index contributed by atoms with van der Waals surface area (Å²) in [6.07, 6.45) is 5.49. The van der Waals surface area contributed by atoms with Crippen LogP contribution in [0.1, 0.15) is 31.7 Å². The van der Waals surface area contributed by atoms with Crippen LogP contribution in [0.25, 0.3) is 0 Å². The molecular weight excluding hydrogens is 328 g/mol. The van der Waals surface area contributed by atoms with Crippen molar-refractivity contribution in [1.82, 2.24) is 15.2 Å². The Bertz CT molecular complexity index is 444. The smallest absolute Gasteiger partial charge is 0.133 e. The molecule has 2 heterocycles. The van der Waals surface area contributed by atoms with E-state index in [1.54, 1.807) is 0 Å². The molecule has 0 amide bonds. The maximum Gasteiger partial charge on any atom is 0.133 e. The van der Waals surface area contributed by atoms with Gasteiger partial charge in [-0.05, 0) is 67.9 Å². The Balaban J connectivity index is 2.09. The van der Waals surface area contributed by atoms with E-state index in [-0.39, 0.29) is 0 Å². The number of nitrogens with one attached hydrogen (secondary N) is 1. The molecule has 0 saturated carbocycles. The first kappa shape index (κ1) is 16.7. The molecule has 1 aromatic heterocycles. The van der Waals surface area contributed by atoms with Gasteiger partial charge in [0, 0.05) is 35.9 Å². The standard InChI is InChI=1S/C16H27BrN4/c1-4-7-18-11-13-10-14(17)12-19-16(13)21(3)15-5-8-20(2)9-6-15/h10,12,15,18H,4-9,11H2,1-3H3. The zero-order chi connectivity index (χ0) is 15.2. The quantitative estimate of drug-likeness (QED) is 0.796. The SMILES string of the molecule is CCCNCc1cc(Br)cnc1N(C)C1CCN(C)CC1. The lowest BCUT2D eigenvalue weighted by molar-refractivity contribution is 0.252. The molecule has 0 spiro atoms. The first-order chi connectivity index (χ1) is 10.1. The summed E-state index contributed by atoms with van der Waals surface area (Å²) in [4.78, 5) is 9.46. The molecule has 1 aliphatic heterocycles. The molecule has 1 N–H and O–H groups in total. The monoisotopic (exact) mass is 354 g/mol. The fourth-order valence-electron chi connectivity index (χ4n) is 2.88. The second kappa shape index (κ2) is 8.11. The molecule has 21 heavy (non-hydrogen) atoms. The Labute approximate surface area is 137 Å². The number of halogens is 1. The van der Waals surface area contributed by atoms with Gasteiger partial charge in [0.2, 0.25) is 0 Å². The molecule has 0 aliphatic carbocycles. The molecule has 2 rings (SSSR count). The van der Waals surface area contributed by atoms with Crippen LogP contribution in [0.3, 0.4) is 0 Å². The third-order valence-corrected chi connectivity index (χ3v) is 4.66. The summed E-state index contributed by atoms with van der Waals surface area (Å²) >= 11 is 3.54. The van der Waals surface area contributed by atoms with Gasteiger partial charge >= 0.3 is 0 Å². The predicted molar refractivity (Wildman–Crippen MR) is 92.9 cm³/mol. The number of rotatable bonds is 6. The molecule has 0 radical (unpaired) electrons. The zero-order valence-electron chi connectivity index (χ0n) is 13.4. The third kappa shape index (κ3) is 4.66. The molecule has 0 bridgehead atoms. The van der Waals surface area contributed by atoms with Crippen molar-refractivity contribution >= 4 is 21.7 Å². The molecule has 5 heteroatoms. The second-order valence-electron chi connectivity index (χ2n) is 5.96. The maximum absolute atomic E-state index is 4.68. The van der Waals surface area contributed by atoms with Crippen molar-refractivity contribution in [2.45, 2.75) is 38.8 Å². The van der Waals surface area contributed by atoms with Gasteiger partial charge in [-0.3, -0.25) is 0 Å². The lowest BCUT2D eigenvalue weighted by Crippen LogP contribution is -2.42. The second-order valence-corrected chi connectivity index (χ2v) is 6.87. The first-order valence-corrected chi connectivity index (χ1v) is 8.67. The van der Waals surface area contributed by atoms with Crippen molar-refractivity contribution in [3.63, 3.8) is 0 Å². The van der Waals surface area contributed by atoms with Gasteiger partial charge in [0.05, 0.1) is 0 Å². The van der Waals surface area contributed by atoms with Gasteiger partial charge in [-0.1, -0.05) is 6.92 Å². The lowest BCUT2D eigenvalue weighted by Gasteiger charge is -2.36. The molecule has 4 nitrogen and oxygen atoms in total. The number of likely N-dealkylation sites (tertiary alicyclic amines) is 1. The number of hydrogen-bond acceptors (Lipinski definition) is 4. The summed E-state index contributed by atoms with van der Waals surface area (Å²) in [5.74, 6) is 1.12. The third-order valence-electron chi connectivity index (χ3n) is 4.22. The van der Waals surface area contributed by atoms with Crippen molar-refractivity contribution in [1.29, 1.82) is 0 Å².